The Morgan fingerprint density at radius 3 is 2.50 bits per heavy atom. The van der Waals surface area contributed by atoms with Crippen LogP contribution in [-0.4, -0.2) is 62.6 Å². The third-order valence-electron chi connectivity index (χ3n) is 4.58. The van der Waals surface area contributed by atoms with E-state index >= 15 is 0 Å². The van der Waals surface area contributed by atoms with Gasteiger partial charge in [-0.3, -0.25) is 9.59 Å². The van der Waals surface area contributed by atoms with Crippen LogP contribution in [0.25, 0.3) is 5.78 Å². The molecule has 1 N–H and O–H groups in total. The van der Waals surface area contributed by atoms with E-state index in [1.807, 2.05) is 0 Å². The fraction of sp³-hybridized carbons (Fsp3) is 0.316. The van der Waals surface area contributed by atoms with Crippen LogP contribution >= 0.6 is 0 Å². The van der Waals surface area contributed by atoms with Gasteiger partial charge in [0.1, 0.15) is 5.69 Å². The summed E-state index contributed by atoms with van der Waals surface area (Å²) in [6.45, 7) is 3.64. The molecule has 0 saturated carbocycles. The Labute approximate surface area is 169 Å². The van der Waals surface area contributed by atoms with E-state index in [9.17, 15) is 18.4 Å². The number of nitrogens with one attached hydrogen (secondary N) is 1. The molecule has 2 amide bonds. The Kier molecular flexibility index (Phi) is 5.36. The second-order valence-electron chi connectivity index (χ2n) is 6.71. The molecule has 2 aromatic heterocycles. The highest BCUT2D eigenvalue weighted by Crippen LogP contribution is 2.20. The first-order valence-corrected chi connectivity index (χ1v) is 9.23. The van der Waals surface area contributed by atoms with Crippen molar-refractivity contribution in [1.29, 1.82) is 0 Å². The molecule has 11 heteroatoms. The van der Waals surface area contributed by atoms with Crippen LogP contribution in [-0.2, 0) is 4.74 Å². The fourth-order valence-electron chi connectivity index (χ4n) is 3.10. The smallest absolute Gasteiger partial charge is 0.295 e. The van der Waals surface area contributed by atoms with Gasteiger partial charge in [0, 0.05) is 30.0 Å². The van der Waals surface area contributed by atoms with Crippen LogP contribution in [0.4, 0.5) is 14.5 Å². The highest BCUT2D eigenvalue weighted by Gasteiger charge is 2.21. The molecule has 1 aliphatic rings. The van der Waals surface area contributed by atoms with Crippen LogP contribution in [0.2, 0.25) is 0 Å². The van der Waals surface area contributed by atoms with Gasteiger partial charge in [0.05, 0.1) is 13.2 Å². The van der Waals surface area contributed by atoms with Gasteiger partial charge < -0.3 is 15.0 Å². The van der Waals surface area contributed by atoms with Crippen LogP contribution in [0.1, 0.15) is 38.8 Å². The van der Waals surface area contributed by atoms with E-state index in [0.717, 1.165) is 4.52 Å². The van der Waals surface area contributed by atoms with Crippen molar-refractivity contribution >= 4 is 23.3 Å². The molecule has 4 rings (SSSR count). The Morgan fingerprint density at radius 2 is 1.83 bits per heavy atom. The molecule has 3 heterocycles. The Hall–Kier alpha value is -3.47. The van der Waals surface area contributed by atoms with Gasteiger partial charge >= 0.3 is 0 Å². The summed E-state index contributed by atoms with van der Waals surface area (Å²) >= 11 is 0. The lowest BCUT2D eigenvalue weighted by Crippen LogP contribution is -2.40. The number of ether oxygens (including phenoxy) is 1. The van der Waals surface area contributed by atoms with Gasteiger partial charge in [-0.25, -0.2) is 13.8 Å². The fourth-order valence-corrected chi connectivity index (χ4v) is 3.10. The Balaban J connectivity index is 1.50. The van der Waals surface area contributed by atoms with Crippen LogP contribution in [0.5, 0.6) is 0 Å². The Bertz CT molecular complexity index is 1090. The van der Waals surface area contributed by atoms with Crippen molar-refractivity contribution in [3.05, 3.63) is 53.1 Å². The molecule has 3 aromatic rings. The molecule has 1 saturated heterocycles. The number of fused-ring (bicyclic) bond motifs is 1. The lowest BCUT2D eigenvalue weighted by molar-refractivity contribution is 0.0303. The first-order valence-electron chi connectivity index (χ1n) is 9.23. The molecule has 0 atom stereocenters. The molecule has 0 aliphatic carbocycles. The maximum atomic E-state index is 13.2. The summed E-state index contributed by atoms with van der Waals surface area (Å²) in [5.74, 6) is -1.16. The van der Waals surface area contributed by atoms with Gasteiger partial charge in [0.15, 0.2) is 0 Å². The molecule has 0 spiro atoms. The monoisotopic (exact) mass is 416 g/mol. The maximum absolute atomic E-state index is 13.2. The zero-order chi connectivity index (χ0) is 21.3. The average Bonchev–Trinajstić information content (AvgIpc) is 3.17. The lowest BCUT2D eigenvalue weighted by Gasteiger charge is -2.26. The minimum atomic E-state index is -2.79. The van der Waals surface area contributed by atoms with Crippen molar-refractivity contribution in [2.24, 2.45) is 0 Å². The number of alkyl halides is 2. The first-order chi connectivity index (χ1) is 14.4. The third-order valence-corrected chi connectivity index (χ3v) is 4.58. The molecule has 0 unspecified atom stereocenters. The second kappa shape index (κ2) is 8.11. The van der Waals surface area contributed by atoms with Crippen molar-refractivity contribution in [2.75, 3.05) is 31.6 Å². The highest BCUT2D eigenvalue weighted by molar-refractivity contribution is 6.02. The highest BCUT2D eigenvalue weighted by atomic mass is 19.3. The zero-order valence-electron chi connectivity index (χ0n) is 16.0. The van der Waals surface area contributed by atoms with Gasteiger partial charge in [-0.2, -0.15) is 9.50 Å². The summed E-state index contributed by atoms with van der Waals surface area (Å²) in [6, 6.07) is 7.55. The molecule has 0 radical (unpaired) electrons. The summed E-state index contributed by atoms with van der Waals surface area (Å²) in [5.41, 5.74) is 0.852. The number of aryl methyl sites for hydroxylation is 1. The molecule has 1 aromatic carbocycles. The van der Waals surface area contributed by atoms with Crippen LogP contribution in [0.15, 0.2) is 30.3 Å². The van der Waals surface area contributed by atoms with Gasteiger partial charge in [0.25, 0.3) is 24.0 Å². The first kappa shape index (κ1) is 19.8. The SMILES string of the molecule is Cc1cc(C(F)F)n2nc(C(=O)Nc3ccc(C(=O)N4CCOCC4)cc3)nc2n1. The van der Waals surface area contributed by atoms with Gasteiger partial charge in [-0.1, -0.05) is 0 Å². The van der Waals surface area contributed by atoms with Crippen molar-refractivity contribution in [2.45, 2.75) is 13.3 Å². The third kappa shape index (κ3) is 3.96. The number of aromatic nitrogens is 4. The summed E-state index contributed by atoms with van der Waals surface area (Å²) < 4.78 is 32.5. The number of halogens is 2. The van der Waals surface area contributed by atoms with Crippen molar-refractivity contribution in [3.63, 3.8) is 0 Å². The van der Waals surface area contributed by atoms with E-state index in [0.29, 0.717) is 43.2 Å². The molecular weight excluding hydrogens is 398 g/mol. The molecule has 1 fully saturated rings. The summed E-state index contributed by atoms with van der Waals surface area (Å²) in [7, 11) is 0. The molecule has 30 heavy (non-hydrogen) atoms. The molecule has 156 valence electrons. The number of rotatable bonds is 4. The molecule has 9 nitrogen and oxygen atoms in total. The second-order valence-corrected chi connectivity index (χ2v) is 6.71. The zero-order valence-corrected chi connectivity index (χ0v) is 16.0. The Morgan fingerprint density at radius 1 is 1.13 bits per heavy atom. The van der Waals surface area contributed by atoms with E-state index in [4.69, 9.17) is 4.74 Å². The number of carbonyl (C=O) groups is 2. The number of anilines is 1. The topological polar surface area (TPSA) is 102 Å². The summed E-state index contributed by atoms with van der Waals surface area (Å²) in [4.78, 5) is 34.6. The number of nitrogens with zero attached hydrogens (tertiary/aromatic N) is 5. The van der Waals surface area contributed by atoms with E-state index in [1.165, 1.54) is 6.07 Å². The van der Waals surface area contributed by atoms with Crippen molar-refractivity contribution in [3.8, 4) is 0 Å². The predicted octanol–water partition coefficient (Wildman–Crippen LogP) is 2.10. The minimum absolute atomic E-state index is 0.0816. The molecule has 1 aliphatic heterocycles. The van der Waals surface area contributed by atoms with E-state index in [-0.39, 0.29) is 17.5 Å². The van der Waals surface area contributed by atoms with Crippen LogP contribution < -0.4 is 5.32 Å². The number of carbonyl (C=O) groups excluding carboxylic acids is 2. The number of benzene rings is 1. The summed E-state index contributed by atoms with van der Waals surface area (Å²) in [6.07, 6.45) is -2.79. The number of morpholine rings is 1. The quantitative estimate of drug-likeness (QED) is 0.699. The van der Waals surface area contributed by atoms with Crippen molar-refractivity contribution < 1.29 is 23.1 Å². The van der Waals surface area contributed by atoms with E-state index in [1.54, 1.807) is 36.1 Å². The predicted molar refractivity (Wildman–Crippen MR) is 102 cm³/mol. The number of amides is 2. The van der Waals surface area contributed by atoms with E-state index in [2.05, 4.69) is 20.4 Å². The average molecular weight is 416 g/mol. The number of hydrogen-bond donors (Lipinski definition) is 1. The standard InChI is InChI=1S/C19H18F2N6O3/c1-11-10-14(15(20)21)27-19(22-11)24-16(25-27)17(28)23-13-4-2-12(3-5-13)18(29)26-6-8-30-9-7-26/h2-5,10,15H,6-9H2,1H3,(H,23,28). The normalized spacial score (nSPS) is 14.3. The van der Waals surface area contributed by atoms with Gasteiger partial charge in [0.2, 0.25) is 5.82 Å². The largest absolute Gasteiger partial charge is 0.378 e. The molecular formula is C19H18F2N6O3. The number of hydrogen-bond acceptors (Lipinski definition) is 6. The van der Waals surface area contributed by atoms with Gasteiger partial charge in [-0.05, 0) is 37.3 Å². The van der Waals surface area contributed by atoms with Crippen molar-refractivity contribution in [1.82, 2.24) is 24.5 Å². The van der Waals surface area contributed by atoms with E-state index < -0.39 is 18.0 Å². The van der Waals surface area contributed by atoms with Crippen LogP contribution in [0, 0.1) is 6.92 Å². The minimum Gasteiger partial charge on any atom is -0.378 e. The molecule has 0 bridgehead atoms. The summed E-state index contributed by atoms with van der Waals surface area (Å²) in [5, 5.41) is 6.45. The maximum Gasteiger partial charge on any atom is 0.295 e. The van der Waals surface area contributed by atoms with Crippen LogP contribution in [0.3, 0.4) is 0 Å². The lowest BCUT2D eigenvalue weighted by atomic mass is 10.1. The van der Waals surface area contributed by atoms with Gasteiger partial charge in [-0.15, -0.1) is 5.10 Å².